The minimum atomic E-state index is -3.13. The van der Waals surface area contributed by atoms with Gasteiger partial charge in [0.15, 0.2) is 0 Å². The monoisotopic (exact) mass is 328 g/mol. The summed E-state index contributed by atoms with van der Waals surface area (Å²) in [7, 11) is -3.13. The zero-order valence-electron chi connectivity index (χ0n) is 10.9. The molecule has 1 atom stereocenters. The molecule has 19 heavy (non-hydrogen) atoms. The number of halogens is 2. The van der Waals surface area contributed by atoms with Crippen LogP contribution in [0.4, 0.5) is 0 Å². The highest BCUT2D eigenvalue weighted by Gasteiger charge is 2.68. The highest BCUT2D eigenvalue weighted by atomic mass is 35.5. The minimum Gasteiger partial charge on any atom is -0.353 e. The van der Waals surface area contributed by atoms with Crippen LogP contribution in [0, 0.1) is 5.41 Å². The Hall–Kier alpha value is -0.0400. The molecular formula is C11H18Cl2N2O3S. The molecule has 1 saturated heterocycles. The molecule has 0 unspecified atom stereocenters. The van der Waals surface area contributed by atoms with Crippen molar-refractivity contribution in [1.29, 1.82) is 0 Å². The average Bonchev–Trinajstić information content (AvgIpc) is 2.79. The van der Waals surface area contributed by atoms with Gasteiger partial charge in [-0.3, -0.25) is 4.79 Å². The Morgan fingerprint density at radius 1 is 1.32 bits per heavy atom. The lowest BCUT2D eigenvalue weighted by Crippen LogP contribution is -2.48. The molecule has 110 valence electrons. The summed E-state index contributed by atoms with van der Waals surface area (Å²) in [5.41, 5.74) is -0.718. The fourth-order valence-corrected chi connectivity index (χ4v) is 3.90. The molecule has 0 radical (unpaired) electrons. The second kappa shape index (κ2) is 4.76. The maximum absolute atomic E-state index is 12.1. The Morgan fingerprint density at radius 3 is 2.16 bits per heavy atom. The zero-order chi connectivity index (χ0) is 14.5. The number of rotatable bonds is 3. The van der Waals surface area contributed by atoms with Gasteiger partial charge < -0.3 is 5.32 Å². The summed E-state index contributed by atoms with van der Waals surface area (Å²) in [4.78, 5) is 12.1. The van der Waals surface area contributed by atoms with E-state index in [1.807, 2.05) is 0 Å². The number of alkyl halides is 2. The second-order valence-electron chi connectivity index (χ2n) is 5.62. The van der Waals surface area contributed by atoms with Gasteiger partial charge in [-0.25, -0.2) is 12.7 Å². The molecule has 2 rings (SSSR count). The third-order valence-corrected chi connectivity index (χ3v) is 6.42. The first kappa shape index (κ1) is 15.4. The van der Waals surface area contributed by atoms with Crippen molar-refractivity contribution in [3.8, 4) is 0 Å². The summed E-state index contributed by atoms with van der Waals surface area (Å²) in [5.74, 6) is -0.143. The van der Waals surface area contributed by atoms with Crippen LogP contribution < -0.4 is 5.32 Å². The molecule has 1 aliphatic carbocycles. The van der Waals surface area contributed by atoms with Gasteiger partial charge >= 0.3 is 0 Å². The van der Waals surface area contributed by atoms with Crippen LogP contribution in [-0.4, -0.2) is 48.4 Å². The lowest BCUT2D eigenvalue weighted by atomic mass is 10.0. The quantitative estimate of drug-likeness (QED) is 0.789. The van der Waals surface area contributed by atoms with Gasteiger partial charge in [0.2, 0.25) is 15.9 Å². The van der Waals surface area contributed by atoms with E-state index in [1.54, 1.807) is 6.92 Å². The van der Waals surface area contributed by atoms with Crippen LogP contribution in [0.1, 0.15) is 26.2 Å². The second-order valence-corrected chi connectivity index (χ2v) is 9.09. The van der Waals surface area contributed by atoms with Crippen molar-refractivity contribution in [2.75, 3.05) is 19.3 Å². The first-order valence-corrected chi connectivity index (χ1v) is 8.81. The fourth-order valence-electron chi connectivity index (χ4n) is 2.32. The molecule has 1 aliphatic heterocycles. The Bertz CT molecular complexity index is 486. The number of hydrogen-bond donors (Lipinski definition) is 1. The van der Waals surface area contributed by atoms with Crippen LogP contribution in [0.25, 0.3) is 0 Å². The third-order valence-electron chi connectivity index (χ3n) is 4.02. The summed E-state index contributed by atoms with van der Waals surface area (Å²) in [6, 6.07) is -0.00735. The molecule has 0 aromatic heterocycles. The molecule has 0 spiro atoms. The zero-order valence-corrected chi connectivity index (χ0v) is 13.3. The smallest absolute Gasteiger partial charge is 0.229 e. The van der Waals surface area contributed by atoms with E-state index < -0.39 is 19.8 Å². The van der Waals surface area contributed by atoms with Crippen molar-refractivity contribution in [2.45, 2.75) is 36.6 Å². The number of piperidine rings is 1. The lowest BCUT2D eigenvalue weighted by molar-refractivity contribution is -0.126. The Labute approximate surface area is 123 Å². The molecular weight excluding hydrogens is 311 g/mol. The normalized spacial score (nSPS) is 32.0. The largest absolute Gasteiger partial charge is 0.353 e. The van der Waals surface area contributed by atoms with Gasteiger partial charge in [-0.05, 0) is 26.2 Å². The van der Waals surface area contributed by atoms with Crippen LogP contribution in [0.3, 0.4) is 0 Å². The summed E-state index contributed by atoms with van der Waals surface area (Å²) < 4.78 is 23.2. The van der Waals surface area contributed by atoms with Gasteiger partial charge in [-0.2, -0.15) is 0 Å². The number of carbonyl (C=O) groups is 1. The first-order chi connectivity index (χ1) is 8.56. The van der Waals surface area contributed by atoms with Gasteiger partial charge in [-0.15, -0.1) is 23.2 Å². The maximum atomic E-state index is 12.1. The Balaban J connectivity index is 1.86. The molecule has 1 amide bonds. The molecule has 1 heterocycles. The molecule has 0 aromatic rings. The Kier molecular flexibility index (Phi) is 3.84. The van der Waals surface area contributed by atoms with E-state index in [-0.39, 0.29) is 11.9 Å². The van der Waals surface area contributed by atoms with Crippen molar-refractivity contribution in [3.05, 3.63) is 0 Å². The van der Waals surface area contributed by atoms with Crippen LogP contribution in [-0.2, 0) is 14.8 Å². The van der Waals surface area contributed by atoms with E-state index in [0.29, 0.717) is 32.4 Å². The summed E-state index contributed by atoms with van der Waals surface area (Å²) in [6.45, 7) is 2.62. The number of amides is 1. The summed E-state index contributed by atoms with van der Waals surface area (Å²) >= 11 is 11.9. The highest BCUT2D eigenvalue weighted by molar-refractivity contribution is 7.88. The van der Waals surface area contributed by atoms with Crippen molar-refractivity contribution in [2.24, 2.45) is 5.41 Å². The number of carbonyl (C=O) groups excluding carboxylic acids is 1. The predicted octanol–water partition coefficient (Wildman–Crippen LogP) is 1.11. The van der Waals surface area contributed by atoms with E-state index in [0.717, 1.165) is 0 Å². The number of hydrogen-bond acceptors (Lipinski definition) is 3. The minimum absolute atomic E-state index is 0.00735. The van der Waals surface area contributed by atoms with Crippen LogP contribution in [0.2, 0.25) is 0 Å². The molecule has 0 bridgehead atoms. The first-order valence-electron chi connectivity index (χ1n) is 6.20. The molecule has 1 N–H and O–H groups in total. The number of sulfonamides is 1. The Morgan fingerprint density at radius 2 is 1.79 bits per heavy atom. The van der Waals surface area contributed by atoms with Crippen molar-refractivity contribution < 1.29 is 13.2 Å². The fraction of sp³-hybridized carbons (Fsp3) is 0.909. The van der Waals surface area contributed by atoms with E-state index in [9.17, 15) is 13.2 Å². The van der Waals surface area contributed by atoms with E-state index in [4.69, 9.17) is 23.2 Å². The van der Waals surface area contributed by atoms with Crippen LogP contribution >= 0.6 is 23.2 Å². The molecule has 1 saturated carbocycles. The van der Waals surface area contributed by atoms with Gasteiger partial charge in [0.25, 0.3) is 0 Å². The third kappa shape index (κ3) is 3.01. The van der Waals surface area contributed by atoms with Crippen molar-refractivity contribution in [3.63, 3.8) is 0 Å². The van der Waals surface area contributed by atoms with E-state index >= 15 is 0 Å². The van der Waals surface area contributed by atoms with Crippen molar-refractivity contribution >= 4 is 39.1 Å². The number of nitrogens with zero attached hydrogens (tertiary/aromatic N) is 1. The summed E-state index contributed by atoms with van der Waals surface area (Å²) in [6.07, 6.45) is 2.89. The molecule has 8 heteroatoms. The molecule has 2 aliphatic rings. The van der Waals surface area contributed by atoms with Gasteiger partial charge in [0.1, 0.15) is 4.33 Å². The lowest BCUT2D eigenvalue weighted by Gasteiger charge is -2.31. The molecule has 5 nitrogen and oxygen atoms in total. The van der Waals surface area contributed by atoms with Crippen LogP contribution in [0.15, 0.2) is 0 Å². The predicted molar refractivity (Wildman–Crippen MR) is 74.7 cm³/mol. The molecule has 2 fully saturated rings. The summed E-state index contributed by atoms with van der Waals surface area (Å²) in [5, 5.41) is 2.92. The standard InChI is InChI=1S/C11H18Cl2N2O3S/c1-10(7-11(10,12)13)9(16)14-8-3-5-15(6-4-8)19(2,17)18/h8H,3-7H2,1-2H3,(H,14,16)/t10-/m1/s1. The van der Waals surface area contributed by atoms with Gasteiger partial charge in [0.05, 0.1) is 11.7 Å². The average molecular weight is 329 g/mol. The topological polar surface area (TPSA) is 66.5 Å². The number of nitrogens with one attached hydrogen (secondary N) is 1. The highest BCUT2D eigenvalue weighted by Crippen LogP contribution is 2.63. The van der Waals surface area contributed by atoms with E-state index in [2.05, 4.69) is 5.32 Å². The molecule has 0 aromatic carbocycles. The van der Waals surface area contributed by atoms with Crippen molar-refractivity contribution in [1.82, 2.24) is 9.62 Å². The SMILES string of the molecule is C[C@]1(C(=O)NC2CCN(S(C)(=O)=O)CC2)CC1(Cl)Cl. The van der Waals surface area contributed by atoms with Gasteiger partial charge in [-0.1, -0.05) is 0 Å². The van der Waals surface area contributed by atoms with Gasteiger partial charge in [0, 0.05) is 19.1 Å². The van der Waals surface area contributed by atoms with Crippen LogP contribution in [0.5, 0.6) is 0 Å². The van der Waals surface area contributed by atoms with E-state index in [1.165, 1.54) is 10.6 Å². The maximum Gasteiger partial charge on any atom is 0.229 e.